The summed E-state index contributed by atoms with van der Waals surface area (Å²) >= 11 is 0. The maximum Gasteiger partial charge on any atom is 0.545 e. The van der Waals surface area contributed by atoms with Gasteiger partial charge >= 0.3 is 12.5 Å². The minimum Gasteiger partial charge on any atom is -0.391 e. The van der Waals surface area contributed by atoms with Crippen LogP contribution in [0.5, 0.6) is 0 Å². The van der Waals surface area contributed by atoms with Gasteiger partial charge in [-0.05, 0) is 6.07 Å². The van der Waals surface area contributed by atoms with Crippen LogP contribution in [-0.2, 0) is 11.0 Å². The molecular formula is C8H6F6N4O3. The first kappa shape index (κ1) is 16.8. The fourth-order valence-corrected chi connectivity index (χ4v) is 1.28. The zero-order chi connectivity index (χ0) is 16.6. The Labute approximate surface area is 111 Å². The zero-order valence-corrected chi connectivity index (χ0v) is 9.70. The highest BCUT2D eigenvalue weighted by Gasteiger charge is 2.38. The van der Waals surface area contributed by atoms with E-state index in [-0.39, 0.29) is 12.1 Å². The SMILES string of the molecule is Nc1c(N(N)OC(F)(F)F)cc(C(F)(F)F)cc1[N+](=O)[O-]. The highest BCUT2D eigenvalue weighted by molar-refractivity contribution is 5.77. The maximum absolute atomic E-state index is 12.6. The van der Waals surface area contributed by atoms with Crippen molar-refractivity contribution in [2.24, 2.45) is 5.84 Å². The van der Waals surface area contributed by atoms with Gasteiger partial charge in [-0.15, -0.1) is 13.2 Å². The van der Waals surface area contributed by atoms with Crippen LogP contribution in [0.1, 0.15) is 5.56 Å². The van der Waals surface area contributed by atoms with Crippen LogP contribution in [-0.4, -0.2) is 11.3 Å². The summed E-state index contributed by atoms with van der Waals surface area (Å²) in [5.41, 5.74) is 0.0912. The third kappa shape index (κ3) is 4.09. The van der Waals surface area contributed by atoms with E-state index in [1.165, 1.54) is 0 Å². The zero-order valence-electron chi connectivity index (χ0n) is 9.70. The van der Waals surface area contributed by atoms with E-state index in [0.29, 0.717) is 0 Å². The lowest BCUT2D eigenvalue weighted by atomic mass is 10.1. The number of rotatable bonds is 3. The number of nitrogens with zero attached hydrogens (tertiary/aromatic N) is 2. The minimum atomic E-state index is -5.33. The average Bonchev–Trinajstić information content (AvgIpc) is 2.24. The van der Waals surface area contributed by atoms with Crippen molar-refractivity contribution in [2.45, 2.75) is 12.5 Å². The molecule has 1 rings (SSSR count). The molecule has 0 aliphatic heterocycles. The van der Waals surface area contributed by atoms with E-state index >= 15 is 0 Å². The number of nitrogen functional groups attached to an aromatic ring is 1. The first-order valence-electron chi connectivity index (χ1n) is 4.78. The van der Waals surface area contributed by atoms with Crippen molar-refractivity contribution in [2.75, 3.05) is 10.9 Å². The Morgan fingerprint density at radius 3 is 2.10 bits per heavy atom. The van der Waals surface area contributed by atoms with Crippen LogP contribution >= 0.6 is 0 Å². The van der Waals surface area contributed by atoms with Gasteiger partial charge in [-0.25, -0.2) is 5.84 Å². The molecule has 118 valence electrons. The molecule has 0 fully saturated rings. The second-order valence-electron chi connectivity index (χ2n) is 3.55. The topological polar surface area (TPSA) is 108 Å². The molecule has 21 heavy (non-hydrogen) atoms. The number of hydrogen-bond acceptors (Lipinski definition) is 6. The summed E-state index contributed by atoms with van der Waals surface area (Å²) in [5.74, 6) is 4.78. The standard InChI is InChI=1S/C8H6F6N4O3/c9-7(10,11)3-1-4(17(16)21-8(12,13)14)6(15)5(2-3)18(19)20/h1-2H,15-16H2. The predicted octanol–water partition coefficient (Wildman–Crippen LogP) is 2.33. The molecular weight excluding hydrogens is 314 g/mol. The summed E-state index contributed by atoms with van der Waals surface area (Å²) in [6, 6.07) is 0.161. The Morgan fingerprint density at radius 1 is 1.19 bits per heavy atom. The molecule has 1 aromatic rings. The van der Waals surface area contributed by atoms with Crippen molar-refractivity contribution in [3.05, 3.63) is 27.8 Å². The normalized spacial score (nSPS) is 12.3. The highest BCUT2D eigenvalue weighted by Crippen LogP contribution is 2.40. The van der Waals surface area contributed by atoms with Crippen LogP contribution in [0.15, 0.2) is 12.1 Å². The molecule has 0 atom stereocenters. The summed E-state index contributed by atoms with van der Waals surface area (Å²) in [6.07, 6.45) is -10.4. The van der Waals surface area contributed by atoms with Crippen LogP contribution in [0.2, 0.25) is 0 Å². The van der Waals surface area contributed by atoms with Crippen molar-refractivity contribution < 1.29 is 36.1 Å². The number of hydrogen-bond donors (Lipinski definition) is 2. The monoisotopic (exact) mass is 320 g/mol. The lowest BCUT2D eigenvalue weighted by molar-refractivity contribution is -0.384. The number of hydrazine groups is 1. The molecule has 0 unspecified atom stereocenters. The smallest absolute Gasteiger partial charge is 0.391 e. The molecule has 0 saturated carbocycles. The number of alkyl halides is 6. The van der Waals surface area contributed by atoms with E-state index in [2.05, 4.69) is 4.84 Å². The minimum absolute atomic E-state index is 0.0697. The van der Waals surface area contributed by atoms with Gasteiger partial charge in [0.15, 0.2) is 0 Å². The van der Waals surface area contributed by atoms with E-state index < -0.39 is 45.3 Å². The van der Waals surface area contributed by atoms with Gasteiger partial charge in [0.05, 0.1) is 10.5 Å². The molecule has 1 aromatic carbocycles. The second-order valence-corrected chi connectivity index (χ2v) is 3.55. The number of nitro groups is 1. The molecule has 0 heterocycles. The van der Waals surface area contributed by atoms with Crippen LogP contribution in [0, 0.1) is 10.1 Å². The summed E-state index contributed by atoms with van der Waals surface area (Å²) in [4.78, 5) is 12.4. The molecule has 0 bridgehead atoms. The predicted molar refractivity (Wildman–Crippen MR) is 56.3 cm³/mol. The molecule has 13 heteroatoms. The molecule has 0 aliphatic carbocycles. The molecule has 0 radical (unpaired) electrons. The molecule has 0 spiro atoms. The van der Waals surface area contributed by atoms with Crippen molar-refractivity contribution in [1.29, 1.82) is 0 Å². The summed E-state index contributed by atoms with van der Waals surface area (Å²) in [5, 5.41) is 9.97. The van der Waals surface area contributed by atoms with E-state index in [0.717, 1.165) is 0 Å². The van der Waals surface area contributed by atoms with Gasteiger partial charge in [-0.2, -0.15) is 23.2 Å². The van der Waals surface area contributed by atoms with Gasteiger partial charge in [-0.3, -0.25) is 10.1 Å². The third-order valence-electron chi connectivity index (χ3n) is 2.10. The van der Waals surface area contributed by atoms with Gasteiger partial charge in [0.25, 0.3) is 5.69 Å². The molecule has 7 nitrogen and oxygen atoms in total. The van der Waals surface area contributed by atoms with Crippen LogP contribution in [0.4, 0.5) is 43.4 Å². The van der Waals surface area contributed by atoms with Crippen molar-refractivity contribution in [1.82, 2.24) is 0 Å². The van der Waals surface area contributed by atoms with E-state index in [1.807, 2.05) is 0 Å². The van der Waals surface area contributed by atoms with Gasteiger partial charge in [0.1, 0.15) is 11.4 Å². The Morgan fingerprint density at radius 2 is 1.71 bits per heavy atom. The van der Waals surface area contributed by atoms with Crippen molar-refractivity contribution in [3.8, 4) is 0 Å². The highest BCUT2D eigenvalue weighted by atomic mass is 19.4. The summed E-state index contributed by atoms with van der Waals surface area (Å²) in [6.45, 7) is 0. The summed E-state index contributed by atoms with van der Waals surface area (Å²) < 4.78 is 73.6. The number of anilines is 2. The Kier molecular flexibility index (Phi) is 4.19. The average molecular weight is 320 g/mol. The molecule has 0 aromatic heterocycles. The molecule has 4 N–H and O–H groups in total. The first-order valence-corrected chi connectivity index (χ1v) is 4.78. The maximum atomic E-state index is 12.6. The molecule has 0 amide bonds. The lowest BCUT2D eigenvalue weighted by Crippen LogP contribution is -2.37. The van der Waals surface area contributed by atoms with E-state index in [9.17, 15) is 36.5 Å². The Bertz CT molecular complexity index is 558. The number of benzene rings is 1. The van der Waals surface area contributed by atoms with Gasteiger partial charge in [0, 0.05) is 6.07 Å². The molecule has 0 saturated heterocycles. The van der Waals surface area contributed by atoms with Gasteiger partial charge < -0.3 is 5.73 Å². The first-order chi connectivity index (χ1) is 9.33. The van der Waals surface area contributed by atoms with Gasteiger partial charge in [0.2, 0.25) is 0 Å². The summed E-state index contributed by atoms with van der Waals surface area (Å²) in [7, 11) is 0. The van der Waals surface area contributed by atoms with Gasteiger partial charge in [-0.1, -0.05) is 0 Å². The lowest BCUT2D eigenvalue weighted by Gasteiger charge is -2.21. The van der Waals surface area contributed by atoms with Crippen LogP contribution in [0.3, 0.4) is 0 Å². The largest absolute Gasteiger partial charge is 0.545 e. The third-order valence-corrected chi connectivity index (χ3v) is 2.10. The number of nitrogens with two attached hydrogens (primary N) is 2. The van der Waals surface area contributed by atoms with E-state index in [4.69, 9.17) is 11.6 Å². The van der Waals surface area contributed by atoms with Crippen molar-refractivity contribution >= 4 is 17.1 Å². The number of nitro benzene ring substituents is 1. The quantitative estimate of drug-likeness (QED) is 0.291. The van der Waals surface area contributed by atoms with Crippen molar-refractivity contribution in [3.63, 3.8) is 0 Å². The Balaban J connectivity index is 3.43. The fourth-order valence-electron chi connectivity index (χ4n) is 1.28. The van der Waals surface area contributed by atoms with E-state index in [1.54, 1.807) is 0 Å². The van der Waals surface area contributed by atoms with Crippen LogP contribution in [0.25, 0.3) is 0 Å². The number of halogens is 6. The van der Waals surface area contributed by atoms with Crippen LogP contribution < -0.4 is 16.7 Å². The molecule has 0 aliphatic rings. The second kappa shape index (κ2) is 5.25. The fraction of sp³-hybridized carbons (Fsp3) is 0.250. The Hall–Kier alpha value is -2.28.